The van der Waals surface area contributed by atoms with Crippen molar-refractivity contribution in [2.75, 3.05) is 6.61 Å². The van der Waals surface area contributed by atoms with Gasteiger partial charge in [-0.05, 0) is 31.9 Å². The molecule has 1 aliphatic heterocycles. The Labute approximate surface area is 174 Å². The number of hydrogen-bond donors (Lipinski definition) is 1. The highest BCUT2D eigenvalue weighted by Gasteiger charge is 2.48. The Morgan fingerprint density at radius 3 is 2.80 bits per heavy atom. The van der Waals surface area contributed by atoms with Gasteiger partial charge >= 0.3 is 0 Å². The largest absolute Gasteiger partial charge is 0.477 e. The molecule has 0 bridgehead atoms. The molecule has 5 heterocycles. The Morgan fingerprint density at radius 1 is 1.23 bits per heavy atom. The summed E-state index contributed by atoms with van der Waals surface area (Å²) in [6.45, 7) is 2.78. The molecule has 10 heteroatoms. The van der Waals surface area contributed by atoms with Crippen LogP contribution in [-0.2, 0) is 6.54 Å². The van der Waals surface area contributed by atoms with Gasteiger partial charge < -0.3 is 4.74 Å². The number of aromatic nitrogens is 6. The number of aromatic amines is 1. The third-order valence-corrected chi connectivity index (χ3v) is 6.13. The van der Waals surface area contributed by atoms with E-state index in [0.29, 0.717) is 47.0 Å². The first kappa shape index (κ1) is 17.8. The van der Waals surface area contributed by atoms with Gasteiger partial charge in [0.2, 0.25) is 5.88 Å². The van der Waals surface area contributed by atoms with Crippen LogP contribution in [0.1, 0.15) is 18.5 Å². The molecule has 6 rings (SSSR count). The molecule has 1 spiro atoms. The van der Waals surface area contributed by atoms with Crippen molar-refractivity contribution in [3.8, 4) is 28.4 Å². The van der Waals surface area contributed by atoms with Crippen LogP contribution in [0.3, 0.4) is 0 Å². The number of hydrogen-bond acceptors (Lipinski definition) is 5. The summed E-state index contributed by atoms with van der Waals surface area (Å²) in [5.41, 5.74) is 2.05. The zero-order valence-corrected chi connectivity index (χ0v) is 16.6. The molecule has 0 amide bonds. The topological polar surface area (TPSA) is 81.5 Å². The summed E-state index contributed by atoms with van der Waals surface area (Å²) in [4.78, 5) is 8.39. The molecule has 1 aliphatic carbocycles. The first-order valence-corrected chi connectivity index (χ1v) is 9.89. The summed E-state index contributed by atoms with van der Waals surface area (Å²) >= 11 is 6.29. The van der Waals surface area contributed by atoms with Crippen molar-refractivity contribution < 1.29 is 13.5 Å². The first-order valence-electron chi connectivity index (χ1n) is 9.51. The summed E-state index contributed by atoms with van der Waals surface area (Å²) in [5.74, 6) is -0.569. The maximum absolute atomic E-state index is 15.5. The summed E-state index contributed by atoms with van der Waals surface area (Å²) in [6, 6.07) is 2.81. The van der Waals surface area contributed by atoms with E-state index in [4.69, 9.17) is 21.4 Å². The molecular formula is C20H15ClF2N6O. The lowest BCUT2D eigenvalue weighted by molar-refractivity contribution is 0.149. The van der Waals surface area contributed by atoms with Crippen LogP contribution in [0.15, 0.2) is 18.3 Å². The highest BCUT2D eigenvalue weighted by molar-refractivity contribution is 6.35. The molecule has 1 N–H and O–H groups in total. The third kappa shape index (κ3) is 2.48. The van der Waals surface area contributed by atoms with Crippen LogP contribution in [0.4, 0.5) is 8.78 Å². The predicted octanol–water partition coefficient (Wildman–Crippen LogP) is 4.30. The molecule has 4 aromatic heterocycles. The van der Waals surface area contributed by atoms with Crippen molar-refractivity contribution in [2.45, 2.75) is 26.3 Å². The molecule has 0 saturated heterocycles. The van der Waals surface area contributed by atoms with Gasteiger partial charge in [0.05, 0.1) is 41.7 Å². The van der Waals surface area contributed by atoms with Crippen LogP contribution in [0.5, 0.6) is 5.88 Å². The number of fused-ring (bicyclic) bond motifs is 2. The lowest BCUT2D eigenvalue weighted by Crippen LogP contribution is -2.27. The fraction of sp³-hybridized carbons (Fsp3) is 0.300. The summed E-state index contributed by atoms with van der Waals surface area (Å²) in [6.07, 6.45) is 3.23. The van der Waals surface area contributed by atoms with E-state index in [2.05, 4.69) is 20.2 Å². The van der Waals surface area contributed by atoms with Crippen molar-refractivity contribution in [2.24, 2.45) is 5.41 Å². The van der Waals surface area contributed by atoms with E-state index < -0.39 is 11.6 Å². The van der Waals surface area contributed by atoms with E-state index >= 15 is 4.39 Å². The second-order valence-electron chi connectivity index (χ2n) is 7.96. The van der Waals surface area contributed by atoms with Gasteiger partial charge in [0, 0.05) is 11.0 Å². The molecule has 1 saturated carbocycles. The van der Waals surface area contributed by atoms with E-state index in [0.717, 1.165) is 19.0 Å². The van der Waals surface area contributed by atoms with Crippen LogP contribution in [0.2, 0.25) is 5.15 Å². The number of pyridine rings is 2. The van der Waals surface area contributed by atoms with E-state index in [1.807, 2.05) is 0 Å². The van der Waals surface area contributed by atoms with Crippen LogP contribution in [-0.4, -0.2) is 36.6 Å². The van der Waals surface area contributed by atoms with Gasteiger partial charge in [-0.1, -0.05) is 11.6 Å². The lowest BCUT2D eigenvalue weighted by Gasteiger charge is -2.24. The van der Waals surface area contributed by atoms with Crippen molar-refractivity contribution in [3.05, 3.63) is 40.8 Å². The van der Waals surface area contributed by atoms with Crippen LogP contribution in [0.25, 0.3) is 33.5 Å². The predicted molar refractivity (Wildman–Crippen MR) is 105 cm³/mol. The maximum atomic E-state index is 15.5. The standard InChI is InChI=1S/C20H15ClF2N6O/c1-9-15(23)12(14-17(21)26-27-18(14)25-9)13-16(11-3-2-10(22)6-24-11)28-29-7-20(4-5-20)8-30-19(13)29/h2-3,6H,4-5,7-8H2,1H3,(H,25,26,27). The SMILES string of the molecule is Cc1nc2[nH]nc(Cl)c2c(-c2c(-c3ccc(F)cn3)nn3c2OCC2(CC2)C3)c1F. The van der Waals surface area contributed by atoms with Gasteiger partial charge in [-0.2, -0.15) is 10.2 Å². The highest BCUT2D eigenvalue weighted by Crippen LogP contribution is 2.53. The van der Waals surface area contributed by atoms with Crippen molar-refractivity contribution in [1.82, 2.24) is 29.9 Å². The Hall–Kier alpha value is -3.07. The zero-order chi connectivity index (χ0) is 20.6. The average Bonchev–Trinajstić information content (AvgIpc) is 3.22. The quantitative estimate of drug-likeness (QED) is 0.515. The van der Waals surface area contributed by atoms with Gasteiger partial charge in [-0.15, -0.1) is 0 Å². The van der Waals surface area contributed by atoms with Crippen LogP contribution in [0, 0.1) is 24.0 Å². The molecule has 0 radical (unpaired) electrons. The van der Waals surface area contributed by atoms with Gasteiger partial charge in [0.1, 0.15) is 11.5 Å². The second kappa shape index (κ2) is 5.98. The van der Waals surface area contributed by atoms with Gasteiger partial charge in [-0.3, -0.25) is 10.1 Å². The Kier molecular flexibility index (Phi) is 3.54. The number of ether oxygens (including phenoxy) is 1. The molecular weight excluding hydrogens is 414 g/mol. The molecule has 1 fully saturated rings. The number of nitrogens with one attached hydrogen (secondary N) is 1. The Bertz CT molecular complexity index is 1330. The van der Waals surface area contributed by atoms with E-state index in [9.17, 15) is 4.39 Å². The number of nitrogens with zero attached hydrogens (tertiary/aromatic N) is 5. The summed E-state index contributed by atoms with van der Waals surface area (Å²) in [5, 5.41) is 11.9. The van der Waals surface area contributed by atoms with Gasteiger partial charge in [0.15, 0.2) is 16.6 Å². The van der Waals surface area contributed by atoms with Crippen LogP contribution < -0.4 is 4.74 Å². The maximum Gasteiger partial charge on any atom is 0.220 e. The minimum Gasteiger partial charge on any atom is -0.477 e. The zero-order valence-electron chi connectivity index (χ0n) is 15.8. The molecule has 7 nitrogen and oxygen atoms in total. The fourth-order valence-corrected chi connectivity index (χ4v) is 4.27. The number of halogens is 3. The molecule has 152 valence electrons. The molecule has 4 aromatic rings. The number of aryl methyl sites for hydroxylation is 1. The summed E-state index contributed by atoms with van der Waals surface area (Å²) < 4.78 is 36.9. The fourth-order valence-electron chi connectivity index (χ4n) is 4.04. The monoisotopic (exact) mass is 428 g/mol. The molecule has 0 unspecified atom stereocenters. The minimum absolute atomic E-state index is 0.0824. The minimum atomic E-state index is -0.541. The lowest BCUT2D eigenvalue weighted by atomic mass is 9.99. The highest BCUT2D eigenvalue weighted by atomic mass is 35.5. The summed E-state index contributed by atoms with van der Waals surface area (Å²) in [7, 11) is 0. The Morgan fingerprint density at radius 2 is 2.07 bits per heavy atom. The van der Waals surface area contributed by atoms with E-state index in [1.165, 1.54) is 12.1 Å². The van der Waals surface area contributed by atoms with E-state index in [-0.39, 0.29) is 21.8 Å². The van der Waals surface area contributed by atoms with Gasteiger partial charge in [0.25, 0.3) is 0 Å². The second-order valence-corrected chi connectivity index (χ2v) is 8.32. The number of rotatable bonds is 2. The molecule has 0 aromatic carbocycles. The average molecular weight is 429 g/mol. The normalized spacial score (nSPS) is 16.7. The Balaban J connectivity index is 1.69. The smallest absolute Gasteiger partial charge is 0.220 e. The van der Waals surface area contributed by atoms with Gasteiger partial charge in [-0.25, -0.2) is 18.4 Å². The number of H-pyrrole nitrogens is 1. The van der Waals surface area contributed by atoms with Crippen molar-refractivity contribution >= 4 is 22.6 Å². The van der Waals surface area contributed by atoms with Crippen LogP contribution >= 0.6 is 11.6 Å². The van der Waals surface area contributed by atoms with Crippen molar-refractivity contribution in [3.63, 3.8) is 0 Å². The molecule has 2 aliphatic rings. The van der Waals surface area contributed by atoms with Crippen molar-refractivity contribution in [1.29, 1.82) is 0 Å². The van der Waals surface area contributed by atoms with E-state index in [1.54, 1.807) is 11.6 Å². The first-order chi connectivity index (χ1) is 14.5. The molecule has 0 atom stereocenters. The third-order valence-electron chi connectivity index (χ3n) is 5.85. The molecule has 30 heavy (non-hydrogen) atoms.